The number of ketones is 1. The summed E-state index contributed by atoms with van der Waals surface area (Å²) in [6.07, 6.45) is 1.62. The van der Waals surface area contributed by atoms with Gasteiger partial charge < -0.3 is 19.6 Å². The summed E-state index contributed by atoms with van der Waals surface area (Å²) in [5, 5.41) is 11.0. The fraction of sp³-hybridized carbons (Fsp3) is 0.348. The lowest BCUT2D eigenvalue weighted by atomic mass is 9.98. The number of pyridine rings is 1. The van der Waals surface area contributed by atoms with E-state index in [1.54, 1.807) is 42.6 Å². The standard InChI is InChI=1S/C23H27N3O4/c1-4-25(5-2)13-14-26-20(18-11-6-7-12-24-18)19(22(28)23(26)29)21(27)16-9-8-10-17(15-16)30-3/h6-12,15,20,27H,4-5,13-14H2,1-3H3/p+1/b21-19-/t20-/m0/s1. The van der Waals surface area contributed by atoms with Gasteiger partial charge in [-0.25, -0.2) is 0 Å². The summed E-state index contributed by atoms with van der Waals surface area (Å²) in [4.78, 5) is 33.1. The van der Waals surface area contributed by atoms with E-state index in [0.29, 0.717) is 30.1 Å². The molecule has 1 atom stereocenters. The molecule has 2 heterocycles. The van der Waals surface area contributed by atoms with Crippen LogP contribution in [0.4, 0.5) is 0 Å². The number of aromatic nitrogens is 1. The van der Waals surface area contributed by atoms with Crippen LogP contribution in [0.2, 0.25) is 0 Å². The number of carbonyl (C=O) groups excluding carboxylic acids is 2. The number of benzene rings is 1. The Morgan fingerprint density at radius 3 is 2.57 bits per heavy atom. The highest BCUT2D eigenvalue weighted by Crippen LogP contribution is 2.38. The average molecular weight is 410 g/mol. The van der Waals surface area contributed by atoms with Gasteiger partial charge in [0.1, 0.15) is 17.6 Å². The Bertz CT molecular complexity index is 938. The predicted octanol–water partition coefficient (Wildman–Crippen LogP) is 1.44. The van der Waals surface area contributed by atoms with Crippen molar-refractivity contribution >= 4 is 17.4 Å². The van der Waals surface area contributed by atoms with Crippen LogP contribution in [0.5, 0.6) is 5.75 Å². The Morgan fingerprint density at radius 2 is 1.93 bits per heavy atom. The second kappa shape index (κ2) is 9.54. The third-order valence-electron chi connectivity index (χ3n) is 5.56. The maximum absolute atomic E-state index is 13.0. The number of aliphatic hydroxyl groups is 1. The van der Waals surface area contributed by atoms with Crippen molar-refractivity contribution in [1.29, 1.82) is 0 Å². The number of aliphatic hydroxyl groups excluding tert-OH is 1. The van der Waals surface area contributed by atoms with Gasteiger partial charge in [0.2, 0.25) is 0 Å². The molecular weight excluding hydrogens is 382 g/mol. The minimum Gasteiger partial charge on any atom is -0.507 e. The summed E-state index contributed by atoms with van der Waals surface area (Å²) < 4.78 is 5.23. The Labute approximate surface area is 176 Å². The van der Waals surface area contributed by atoms with Crippen LogP contribution in [-0.2, 0) is 9.59 Å². The van der Waals surface area contributed by atoms with Crippen LogP contribution in [0.15, 0.2) is 54.2 Å². The molecule has 7 nitrogen and oxygen atoms in total. The van der Waals surface area contributed by atoms with Gasteiger partial charge in [-0.1, -0.05) is 18.2 Å². The number of ether oxygens (including phenoxy) is 1. The van der Waals surface area contributed by atoms with Gasteiger partial charge in [-0.15, -0.1) is 0 Å². The van der Waals surface area contributed by atoms with Gasteiger partial charge in [0.05, 0.1) is 44.6 Å². The maximum Gasteiger partial charge on any atom is 0.295 e. The van der Waals surface area contributed by atoms with E-state index in [-0.39, 0.29) is 11.3 Å². The lowest BCUT2D eigenvalue weighted by Crippen LogP contribution is -3.12. The molecule has 0 radical (unpaired) electrons. The van der Waals surface area contributed by atoms with Crippen LogP contribution in [0.25, 0.3) is 5.76 Å². The van der Waals surface area contributed by atoms with E-state index >= 15 is 0 Å². The van der Waals surface area contributed by atoms with Crippen molar-refractivity contribution in [3.05, 3.63) is 65.5 Å². The van der Waals surface area contributed by atoms with E-state index in [1.165, 1.54) is 16.9 Å². The molecule has 0 spiro atoms. The molecule has 0 bridgehead atoms. The van der Waals surface area contributed by atoms with Crippen LogP contribution >= 0.6 is 0 Å². The number of likely N-dealkylation sites (N-methyl/N-ethyl adjacent to an activating group) is 1. The number of nitrogens with one attached hydrogen (secondary N) is 1. The fourth-order valence-corrected chi connectivity index (χ4v) is 3.76. The Morgan fingerprint density at radius 1 is 1.17 bits per heavy atom. The molecule has 2 N–H and O–H groups in total. The van der Waals surface area contributed by atoms with Gasteiger partial charge in [0.15, 0.2) is 0 Å². The predicted molar refractivity (Wildman–Crippen MR) is 113 cm³/mol. The van der Waals surface area contributed by atoms with E-state index in [1.807, 2.05) is 6.07 Å². The second-order valence-electron chi connectivity index (χ2n) is 7.19. The molecule has 0 saturated carbocycles. The molecule has 2 aromatic rings. The first-order chi connectivity index (χ1) is 14.5. The van der Waals surface area contributed by atoms with Crippen molar-refractivity contribution in [3.8, 4) is 5.75 Å². The summed E-state index contributed by atoms with van der Waals surface area (Å²) in [6.45, 7) is 7.15. The van der Waals surface area contributed by atoms with Gasteiger partial charge in [0.25, 0.3) is 11.7 Å². The summed E-state index contributed by atoms with van der Waals surface area (Å²) in [5.74, 6) is -0.976. The van der Waals surface area contributed by atoms with Gasteiger partial charge >= 0.3 is 0 Å². The smallest absolute Gasteiger partial charge is 0.295 e. The second-order valence-corrected chi connectivity index (χ2v) is 7.19. The molecule has 3 rings (SSSR count). The molecule has 7 heteroatoms. The molecule has 0 unspecified atom stereocenters. The number of hydrogen-bond acceptors (Lipinski definition) is 5. The largest absolute Gasteiger partial charge is 0.507 e. The molecule has 1 aromatic carbocycles. The molecule has 0 aliphatic carbocycles. The number of hydrogen-bond donors (Lipinski definition) is 2. The van der Waals surface area contributed by atoms with E-state index in [0.717, 1.165) is 13.1 Å². The van der Waals surface area contributed by atoms with Crippen LogP contribution in [0, 0.1) is 0 Å². The molecule has 1 aromatic heterocycles. The van der Waals surface area contributed by atoms with E-state index < -0.39 is 17.7 Å². The molecule has 1 amide bonds. The first-order valence-corrected chi connectivity index (χ1v) is 10.2. The zero-order valence-electron chi connectivity index (χ0n) is 17.6. The van der Waals surface area contributed by atoms with Crippen LogP contribution < -0.4 is 9.64 Å². The minimum atomic E-state index is -0.729. The lowest BCUT2D eigenvalue weighted by molar-refractivity contribution is -0.895. The third kappa shape index (κ3) is 4.21. The zero-order chi connectivity index (χ0) is 21.7. The van der Waals surface area contributed by atoms with E-state index in [4.69, 9.17) is 4.74 Å². The Balaban J connectivity index is 2.08. The highest BCUT2D eigenvalue weighted by molar-refractivity contribution is 6.46. The number of Topliss-reactive ketones (excluding diaryl/α,β-unsaturated/α-hetero) is 1. The highest BCUT2D eigenvalue weighted by Gasteiger charge is 2.46. The number of likely N-dealkylation sites (tertiary alicyclic amines) is 1. The zero-order valence-corrected chi connectivity index (χ0v) is 17.6. The normalized spacial score (nSPS) is 18.3. The van der Waals surface area contributed by atoms with Crippen molar-refractivity contribution < 1.29 is 24.3 Å². The van der Waals surface area contributed by atoms with Crippen molar-refractivity contribution in [2.45, 2.75) is 19.9 Å². The summed E-state index contributed by atoms with van der Waals surface area (Å²) in [5.41, 5.74) is 1.03. The molecule has 30 heavy (non-hydrogen) atoms. The Kier molecular flexibility index (Phi) is 6.84. The SMILES string of the molecule is CC[NH+](CC)CCN1C(=O)C(=O)/C(=C(\O)c2cccc(OC)c2)[C@@H]1c1ccccn1. The molecule has 1 fully saturated rings. The Hall–Kier alpha value is -3.19. The van der Waals surface area contributed by atoms with Gasteiger partial charge in [0, 0.05) is 11.8 Å². The maximum atomic E-state index is 13.0. The van der Waals surface area contributed by atoms with Gasteiger partial charge in [-0.3, -0.25) is 14.6 Å². The van der Waals surface area contributed by atoms with Crippen molar-refractivity contribution in [2.24, 2.45) is 0 Å². The molecule has 1 aliphatic heterocycles. The molecular formula is C23H28N3O4+. The van der Waals surface area contributed by atoms with Crippen molar-refractivity contribution in [2.75, 3.05) is 33.3 Å². The van der Waals surface area contributed by atoms with E-state index in [2.05, 4.69) is 18.8 Å². The van der Waals surface area contributed by atoms with Gasteiger partial charge in [-0.2, -0.15) is 0 Å². The van der Waals surface area contributed by atoms with E-state index in [9.17, 15) is 14.7 Å². The topological polar surface area (TPSA) is 84.2 Å². The lowest BCUT2D eigenvalue weighted by Gasteiger charge is -2.26. The summed E-state index contributed by atoms with van der Waals surface area (Å²) >= 11 is 0. The summed E-state index contributed by atoms with van der Waals surface area (Å²) in [6, 6.07) is 11.4. The van der Waals surface area contributed by atoms with Crippen molar-refractivity contribution in [1.82, 2.24) is 9.88 Å². The number of amides is 1. The number of nitrogens with zero attached hydrogens (tertiary/aromatic N) is 2. The molecule has 158 valence electrons. The number of carbonyl (C=O) groups is 2. The minimum absolute atomic E-state index is 0.0569. The van der Waals surface area contributed by atoms with Crippen LogP contribution in [0.3, 0.4) is 0 Å². The first kappa shape index (κ1) is 21.5. The highest BCUT2D eigenvalue weighted by atomic mass is 16.5. The average Bonchev–Trinajstić information content (AvgIpc) is 3.04. The molecule has 1 saturated heterocycles. The number of methoxy groups -OCH3 is 1. The number of quaternary nitrogens is 1. The quantitative estimate of drug-likeness (QED) is 0.391. The molecule has 1 aliphatic rings. The number of rotatable bonds is 8. The van der Waals surface area contributed by atoms with Crippen LogP contribution in [-0.4, -0.2) is 60.0 Å². The summed E-state index contributed by atoms with van der Waals surface area (Å²) in [7, 11) is 1.53. The fourth-order valence-electron chi connectivity index (χ4n) is 3.76. The van der Waals surface area contributed by atoms with Gasteiger partial charge in [-0.05, 0) is 38.1 Å². The third-order valence-corrected chi connectivity index (χ3v) is 5.56. The first-order valence-electron chi connectivity index (χ1n) is 10.2. The monoisotopic (exact) mass is 410 g/mol. The van der Waals surface area contributed by atoms with Crippen LogP contribution in [0.1, 0.15) is 31.1 Å². The van der Waals surface area contributed by atoms with Crippen molar-refractivity contribution in [3.63, 3.8) is 0 Å².